The van der Waals surface area contributed by atoms with Crippen LogP contribution in [0.4, 0.5) is 5.95 Å². The summed E-state index contributed by atoms with van der Waals surface area (Å²) in [5.74, 6) is 0.751. The Morgan fingerprint density at radius 2 is 2.00 bits per heavy atom. The third-order valence-corrected chi connectivity index (χ3v) is 2.55. The second-order valence-corrected chi connectivity index (χ2v) is 4.02. The summed E-state index contributed by atoms with van der Waals surface area (Å²) in [5, 5.41) is 7.42. The molecule has 0 saturated heterocycles. The van der Waals surface area contributed by atoms with Gasteiger partial charge in [0, 0.05) is 31.5 Å². The maximum absolute atomic E-state index is 7.42. The van der Waals surface area contributed by atoms with Gasteiger partial charge in [-0.3, -0.25) is 5.41 Å². The van der Waals surface area contributed by atoms with Gasteiger partial charge in [0.15, 0.2) is 0 Å². The summed E-state index contributed by atoms with van der Waals surface area (Å²) in [6.45, 7) is 0.672. The second-order valence-electron chi connectivity index (χ2n) is 4.02. The molecule has 0 bridgehead atoms. The van der Waals surface area contributed by atoms with Crippen molar-refractivity contribution in [2.75, 3.05) is 11.9 Å². The lowest BCUT2D eigenvalue weighted by atomic mass is 10.1. The normalized spacial score (nSPS) is 10.1. The van der Waals surface area contributed by atoms with Gasteiger partial charge in [-0.15, -0.1) is 0 Å². The number of nitrogens with one attached hydrogen (secondary N) is 1. The largest absolute Gasteiger partial charge is 0.384 e. The quantitative estimate of drug-likeness (QED) is 0.626. The molecule has 92 valence electrons. The van der Waals surface area contributed by atoms with Gasteiger partial charge in [-0.1, -0.05) is 18.2 Å². The molecule has 1 heterocycles. The molecule has 1 aromatic carbocycles. The van der Waals surface area contributed by atoms with Gasteiger partial charge < -0.3 is 10.6 Å². The van der Waals surface area contributed by atoms with Crippen molar-refractivity contribution in [2.45, 2.75) is 6.54 Å². The molecule has 5 nitrogen and oxygen atoms in total. The van der Waals surface area contributed by atoms with E-state index in [4.69, 9.17) is 11.1 Å². The molecule has 0 aliphatic heterocycles. The molecule has 0 unspecified atom stereocenters. The van der Waals surface area contributed by atoms with E-state index in [1.807, 2.05) is 36.2 Å². The highest BCUT2D eigenvalue weighted by Gasteiger charge is 2.05. The first kappa shape index (κ1) is 12.0. The van der Waals surface area contributed by atoms with Gasteiger partial charge in [-0.2, -0.15) is 0 Å². The lowest BCUT2D eigenvalue weighted by molar-refractivity contribution is 0.866. The lowest BCUT2D eigenvalue weighted by Crippen LogP contribution is -2.19. The molecule has 2 rings (SSSR count). The van der Waals surface area contributed by atoms with E-state index < -0.39 is 0 Å². The molecule has 0 spiro atoms. The van der Waals surface area contributed by atoms with Crippen LogP contribution in [0.5, 0.6) is 0 Å². The zero-order valence-corrected chi connectivity index (χ0v) is 10.2. The van der Waals surface area contributed by atoms with E-state index in [1.54, 1.807) is 18.5 Å². The molecule has 2 aromatic rings. The van der Waals surface area contributed by atoms with Crippen molar-refractivity contribution in [3.8, 4) is 0 Å². The topological polar surface area (TPSA) is 78.9 Å². The second kappa shape index (κ2) is 5.27. The summed E-state index contributed by atoms with van der Waals surface area (Å²) in [6.07, 6.45) is 3.43. The lowest BCUT2D eigenvalue weighted by Gasteiger charge is -2.16. The molecule has 5 heteroatoms. The van der Waals surface area contributed by atoms with E-state index >= 15 is 0 Å². The van der Waals surface area contributed by atoms with Crippen molar-refractivity contribution in [1.29, 1.82) is 5.41 Å². The molecule has 0 saturated carbocycles. The third kappa shape index (κ3) is 2.82. The van der Waals surface area contributed by atoms with Crippen LogP contribution < -0.4 is 10.6 Å². The summed E-state index contributed by atoms with van der Waals surface area (Å²) in [6, 6.07) is 9.40. The first-order chi connectivity index (χ1) is 8.66. The minimum absolute atomic E-state index is 0.0791. The first-order valence-electron chi connectivity index (χ1n) is 5.58. The van der Waals surface area contributed by atoms with Crippen LogP contribution in [0.15, 0.2) is 42.7 Å². The molecule has 0 amide bonds. The number of hydrogen-bond acceptors (Lipinski definition) is 4. The van der Waals surface area contributed by atoms with Crippen LogP contribution in [-0.4, -0.2) is 22.9 Å². The minimum Gasteiger partial charge on any atom is -0.384 e. The van der Waals surface area contributed by atoms with Gasteiger partial charge >= 0.3 is 0 Å². The maximum Gasteiger partial charge on any atom is 0.225 e. The molecule has 0 radical (unpaired) electrons. The fraction of sp³-hybridized carbons (Fsp3) is 0.154. The number of aromatic nitrogens is 2. The van der Waals surface area contributed by atoms with Gasteiger partial charge in [0.25, 0.3) is 0 Å². The Morgan fingerprint density at radius 3 is 2.67 bits per heavy atom. The molecule has 0 fully saturated rings. The Kier molecular flexibility index (Phi) is 3.52. The monoisotopic (exact) mass is 241 g/mol. The Balaban J connectivity index is 2.14. The highest BCUT2D eigenvalue weighted by Crippen LogP contribution is 2.10. The SMILES string of the molecule is CN(Cc1cccc(C(=N)N)c1)c1ncccn1. The highest BCUT2D eigenvalue weighted by molar-refractivity contribution is 5.95. The molecule has 0 aliphatic carbocycles. The summed E-state index contributed by atoms with van der Waals surface area (Å²) >= 11 is 0. The van der Waals surface area contributed by atoms with Gasteiger partial charge in [0.1, 0.15) is 5.84 Å². The van der Waals surface area contributed by atoms with Gasteiger partial charge in [0.05, 0.1) is 0 Å². The molecular formula is C13H15N5. The predicted molar refractivity (Wildman–Crippen MR) is 71.6 cm³/mol. The molecule has 18 heavy (non-hydrogen) atoms. The van der Waals surface area contributed by atoms with Crippen LogP contribution in [0.2, 0.25) is 0 Å². The molecule has 0 atom stereocenters. The number of nitrogen functional groups attached to an aromatic ring is 1. The van der Waals surface area contributed by atoms with Crippen molar-refractivity contribution >= 4 is 11.8 Å². The molecule has 3 N–H and O–H groups in total. The van der Waals surface area contributed by atoms with E-state index in [2.05, 4.69) is 9.97 Å². The van der Waals surface area contributed by atoms with Gasteiger partial charge in [-0.05, 0) is 17.7 Å². The summed E-state index contributed by atoms with van der Waals surface area (Å²) < 4.78 is 0. The number of anilines is 1. The zero-order valence-electron chi connectivity index (χ0n) is 10.2. The fourth-order valence-corrected chi connectivity index (χ4v) is 1.67. The number of nitrogens with two attached hydrogens (primary N) is 1. The van der Waals surface area contributed by atoms with Crippen LogP contribution in [-0.2, 0) is 6.54 Å². The number of benzene rings is 1. The van der Waals surface area contributed by atoms with E-state index in [1.165, 1.54) is 0 Å². The molecular weight excluding hydrogens is 226 g/mol. The van der Waals surface area contributed by atoms with E-state index in [0.717, 1.165) is 11.1 Å². The molecule has 0 aliphatic rings. The van der Waals surface area contributed by atoms with Crippen LogP contribution >= 0.6 is 0 Å². The third-order valence-electron chi connectivity index (χ3n) is 2.55. The highest BCUT2D eigenvalue weighted by atomic mass is 15.2. The van der Waals surface area contributed by atoms with Crippen molar-refractivity contribution in [1.82, 2.24) is 9.97 Å². The number of rotatable bonds is 4. The Hall–Kier alpha value is -2.43. The average Bonchev–Trinajstić information content (AvgIpc) is 2.40. The van der Waals surface area contributed by atoms with E-state index in [9.17, 15) is 0 Å². The van der Waals surface area contributed by atoms with Crippen molar-refractivity contribution in [2.24, 2.45) is 5.73 Å². The van der Waals surface area contributed by atoms with Gasteiger partial charge in [-0.25, -0.2) is 9.97 Å². The van der Waals surface area contributed by atoms with E-state index in [0.29, 0.717) is 12.5 Å². The smallest absolute Gasteiger partial charge is 0.225 e. The summed E-state index contributed by atoms with van der Waals surface area (Å²) in [4.78, 5) is 10.3. The maximum atomic E-state index is 7.42. The van der Waals surface area contributed by atoms with Gasteiger partial charge in [0.2, 0.25) is 5.95 Å². The summed E-state index contributed by atoms with van der Waals surface area (Å²) in [5.41, 5.74) is 7.27. The van der Waals surface area contributed by atoms with Crippen molar-refractivity contribution in [3.05, 3.63) is 53.9 Å². The van der Waals surface area contributed by atoms with Crippen molar-refractivity contribution < 1.29 is 0 Å². The average molecular weight is 241 g/mol. The predicted octanol–water partition coefficient (Wildman–Crippen LogP) is 1.40. The zero-order chi connectivity index (χ0) is 13.0. The Bertz CT molecular complexity index is 538. The number of amidine groups is 1. The molecule has 1 aromatic heterocycles. The van der Waals surface area contributed by atoms with Crippen LogP contribution in [0.25, 0.3) is 0 Å². The fourth-order valence-electron chi connectivity index (χ4n) is 1.67. The Morgan fingerprint density at radius 1 is 1.28 bits per heavy atom. The van der Waals surface area contributed by atoms with Crippen LogP contribution in [0, 0.1) is 5.41 Å². The van der Waals surface area contributed by atoms with Crippen LogP contribution in [0.1, 0.15) is 11.1 Å². The standard InChI is InChI=1S/C13H15N5/c1-18(13-16-6-3-7-17-13)9-10-4-2-5-11(8-10)12(14)15/h2-8H,9H2,1H3,(H3,14,15). The summed E-state index contributed by atoms with van der Waals surface area (Å²) in [7, 11) is 1.93. The van der Waals surface area contributed by atoms with E-state index in [-0.39, 0.29) is 5.84 Å². The number of nitrogens with zero attached hydrogens (tertiary/aromatic N) is 3. The Labute approximate surface area is 106 Å². The van der Waals surface area contributed by atoms with Crippen molar-refractivity contribution in [3.63, 3.8) is 0 Å². The van der Waals surface area contributed by atoms with Crippen LogP contribution in [0.3, 0.4) is 0 Å². The number of hydrogen-bond donors (Lipinski definition) is 2. The minimum atomic E-state index is 0.0791. The first-order valence-corrected chi connectivity index (χ1v) is 5.58.